The highest BCUT2D eigenvalue weighted by atomic mass is 15.1. The lowest BCUT2D eigenvalue weighted by molar-refractivity contribution is 0.343. The van der Waals surface area contributed by atoms with Crippen LogP contribution in [0.4, 0.5) is 0 Å². The molecule has 0 radical (unpaired) electrons. The van der Waals surface area contributed by atoms with E-state index < -0.39 is 0 Å². The Morgan fingerprint density at radius 3 is 2.12 bits per heavy atom. The fraction of sp³-hybridized carbons (Fsp3) is 0.364. The average Bonchev–Trinajstić information content (AvgIpc) is 2.83. The molecule has 1 aromatic heterocycles. The van der Waals surface area contributed by atoms with E-state index in [1.165, 1.54) is 33.3 Å². The number of hydrogen-bond donors (Lipinski definition) is 1. The van der Waals surface area contributed by atoms with E-state index in [9.17, 15) is 0 Å². The highest BCUT2D eigenvalue weighted by molar-refractivity contribution is 5.85. The van der Waals surface area contributed by atoms with Crippen LogP contribution in [0.1, 0.15) is 49.2 Å². The second-order valence-corrected chi connectivity index (χ2v) is 7.95. The highest BCUT2D eigenvalue weighted by Gasteiger charge is 2.23. The second-order valence-electron chi connectivity index (χ2n) is 7.95. The van der Waals surface area contributed by atoms with Gasteiger partial charge in [-0.15, -0.1) is 0 Å². The van der Waals surface area contributed by atoms with Crippen molar-refractivity contribution in [2.45, 2.75) is 39.2 Å². The molecule has 3 rings (SSSR count). The minimum absolute atomic E-state index is 0.183. The van der Waals surface area contributed by atoms with Crippen LogP contribution in [0, 0.1) is 6.92 Å². The average molecular weight is 320 g/mol. The Hall–Kier alpha value is -2.06. The van der Waals surface area contributed by atoms with E-state index in [1.54, 1.807) is 0 Å². The van der Waals surface area contributed by atoms with Crippen molar-refractivity contribution in [3.63, 3.8) is 0 Å². The van der Waals surface area contributed by atoms with Gasteiger partial charge in [-0.2, -0.15) is 0 Å². The number of fused-ring (bicyclic) bond motifs is 1. The lowest BCUT2D eigenvalue weighted by Gasteiger charge is -2.27. The Morgan fingerprint density at radius 2 is 1.54 bits per heavy atom. The first-order valence-corrected chi connectivity index (χ1v) is 8.63. The van der Waals surface area contributed by atoms with E-state index in [0.29, 0.717) is 0 Å². The smallest absolute Gasteiger partial charge is 0.0620 e. The molecule has 0 saturated heterocycles. The number of benzene rings is 2. The fourth-order valence-corrected chi connectivity index (χ4v) is 3.54. The molecule has 126 valence electrons. The summed E-state index contributed by atoms with van der Waals surface area (Å²) >= 11 is 0. The van der Waals surface area contributed by atoms with Gasteiger partial charge in [0.2, 0.25) is 0 Å². The maximum Gasteiger partial charge on any atom is 0.0620 e. The van der Waals surface area contributed by atoms with Gasteiger partial charge >= 0.3 is 0 Å². The summed E-state index contributed by atoms with van der Waals surface area (Å²) in [5.74, 6) is 0. The number of nitrogens with one attached hydrogen (secondary N) is 1. The first kappa shape index (κ1) is 16.8. The van der Waals surface area contributed by atoms with Gasteiger partial charge in [0, 0.05) is 22.2 Å². The standard InChI is InChI=1S/C22H28N2/c1-15-20(18-9-7-8-10-19(18)23-15)21(24(5)6)16-11-13-17(14-12-16)22(2,3)4/h7-14,21,23H,1-6H3. The Morgan fingerprint density at radius 1 is 0.917 bits per heavy atom. The summed E-state index contributed by atoms with van der Waals surface area (Å²) in [7, 11) is 4.31. The van der Waals surface area contributed by atoms with Crippen molar-refractivity contribution in [1.29, 1.82) is 0 Å². The second kappa shape index (κ2) is 6.10. The Kier molecular flexibility index (Phi) is 4.27. The molecule has 0 fully saturated rings. The number of aromatic nitrogens is 1. The molecule has 0 aliphatic carbocycles. The number of aromatic amines is 1. The maximum atomic E-state index is 3.54. The summed E-state index contributed by atoms with van der Waals surface area (Å²) in [6, 6.07) is 17.9. The third kappa shape index (κ3) is 2.99. The molecule has 1 unspecified atom stereocenters. The van der Waals surface area contributed by atoms with Crippen molar-refractivity contribution in [2.75, 3.05) is 14.1 Å². The summed E-state index contributed by atoms with van der Waals surface area (Å²) in [6.07, 6.45) is 0. The summed E-state index contributed by atoms with van der Waals surface area (Å²) in [6.45, 7) is 8.95. The molecule has 0 aliphatic rings. The Balaban J connectivity index is 2.12. The molecule has 0 spiro atoms. The molecule has 2 heteroatoms. The zero-order valence-electron chi connectivity index (χ0n) is 15.6. The molecule has 1 N–H and O–H groups in total. The van der Waals surface area contributed by atoms with Crippen molar-refractivity contribution in [3.05, 3.63) is 70.9 Å². The molecule has 24 heavy (non-hydrogen) atoms. The van der Waals surface area contributed by atoms with Crippen molar-refractivity contribution in [3.8, 4) is 0 Å². The summed E-state index contributed by atoms with van der Waals surface area (Å²) in [5.41, 5.74) is 6.72. The van der Waals surface area contributed by atoms with Crippen molar-refractivity contribution in [1.82, 2.24) is 9.88 Å². The van der Waals surface area contributed by atoms with Crippen LogP contribution in [0.5, 0.6) is 0 Å². The minimum Gasteiger partial charge on any atom is -0.358 e. The summed E-state index contributed by atoms with van der Waals surface area (Å²) < 4.78 is 0. The molecular formula is C22H28N2. The molecular weight excluding hydrogens is 292 g/mol. The summed E-state index contributed by atoms with van der Waals surface area (Å²) in [4.78, 5) is 5.84. The molecule has 0 amide bonds. The van der Waals surface area contributed by atoms with Crippen molar-refractivity contribution < 1.29 is 0 Å². The fourth-order valence-electron chi connectivity index (χ4n) is 3.54. The van der Waals surface area contributed by atoms with Crippen LogP contribution < -0.4 is 0 Å². The third-order valence-electron chi connectivity index (χ3n) is 4.83. The van der Waals surface area contributed by atoms with Gasteiger partial charge in [-0.05, 0) is 43.6 Å². The first-order chi connectivity index (χ1) is 11.3. The number of aryl methyl sites for hydroxylation is 1. The van der Waals surface area contributed by atoms with Crippen LogP contribution in [-0.2, 0) is 5.41 Å². The Labute approximate surface area is 145 Å². The monoisotopic (exact) mass is 320 g/mol. The van der Waals surface area contributed by atoms with Crippen LogP contribution in [-0.4, -0.2) is 24.0 Å². The van der Waals surface area contributed by atoms with E-state index >= 15 is 0 Å². The molecule has 0 saturated carbocycles. The van der Waals surface area contributed by atoms with Gasteiger partial charge in [-0.3, -0.25) is 4.90 Å². The van der Waals surface area contributed by atoms with E-state index in [4.69, 9.17) is 0 Å². The third-order valence-corrected chi connectivity index (χ3v) is 4.83. The zero-order chi connectivity index (χ0) is 17.5. The number of rotatable bonds is 3. The van der Waals surface area contributed by atoms with Crippen molar-refractivity contribution >= 4 is 10.9 Å². The highest BCUT2D eigenvalue weighted by Crippen LogP contribution is 2.35. The van der Waals surface area contributed by atoms with Gasteiger partial charge in [0.05, 0.1) is 6.04 Å². The van der Waals surface area contributed by atoms with Gasteiger partial charge in [0.25, 0.3) is 0 Å². The predicted octanol–water partition coefficient (Wildman–Crippen LogP) is 5.42. The van der Waals surface area contributed by atoms with E-state index in [2.05, 4.69) is 100 Å². The number of para-hydroxylation sites is 1. The maximum absolute atomic E-state index is 3.54. The lowest BCUT2D eigenvalue weighted by Crippen LogP contribution is -2.22. The Bertz CT molecular complexity index is 833. The largest absolute Gasteiger partial charge is 0.358 e. The topological polar surface area (TPSA) is 19.0 Å². The van der Waals surface area contributed by atoms with Gasteiger partial charge < -0.3 is 4.98 Å². The molecule has 1 atom stereocenters. The van der Waals surface area contributed by atoms with Crippen LogP contribution in [0.15, 0.2) is 48.5 Å². The van der Waals surface area contributed by atoms with E-state index in [1.807, 2.05) is 0 Å². The molecule has 2 aromatic carbocycles. The molecule has 3 aromatic rings. The van der Waals surface area contributed by atoms with Crippen LogP contribution >= 0.6 is 0 Å². The molecule has 2 nitrogen and oxygen atoms in total. The van der Waals surface area contributed by atoms with Crippen LogP contribution in [0.2, 0.25) is 0 Å². The van der Waals surface area contributed by atoms with Crippen LogP contribution in [0.25, 0.3) is 10.9 Å². The number of H-pyrrole nitrogens is 1. The normalized spacial score (nSPS) is 13.6. The number of hydrogen-bond acceptors (Lipinski definition) is 1. The SMILES string of the molecule is Cc1[nH]c2ccccc2c1C(c1ccc(C(C)(C)C)cc1)N(C)C. The van der Waals surface area contributed by atoms with E-state index in [-0.39, 0.29) is 11.5 Å². The zero-order valence-corrected chi connectivity index (χ0v) is 15.6. The van der Waals surface area contributed by atoms with E-state index in [0.717, 1.165) is 0 Å². The van der Waals surface area contributed by atoms with Gasteiger partial charge in [0.1, 0.15) is 0 Å². The van der Waals surface area contributed by atoms with Crippen molar-refractivity contribution in [2.24, 2.45) is 0 Å². The van der Waals surface area contributed by atoms with Crippen LogP contribution in [0.3, 0.4) is 0 Å². The molecule has 0 aliphatic heterocycles. The molecule has 1 heterocycles. The summed E-state index contributed by atoms with van der Waals surface area (Å²) in [5, 5.41) is 1.31. The lowest BCUT2D eigenvalue weighted by atomic mass is 9.85. The quantitative estimate of drug-likeness (QED) is 0.682. The first-order valence-electron chi connectivity index (χ1n) is 8.63. The van der Waals surface area contributed by atoms with Gasteiger partial charge in [-0.1, -0.05) is 63.2 Å². The predicted molar refractivity (Wildman–Crippen MR) is 104 cm³/mol. The minimum atomic E-state index is 0.183. The number of nitrogens with zero attached hydrogens (tertiary/aromatic N) is 1. The molecule has 0 bridgehead atoms. The van der Waals surface area contributed by atoms with Gasteiger partial charge in [-0.25, -0.2) is 0 Å². The van der Waals surface area contributed by atoms with Gasteiger partial charge in [0.15, 0.2) is 0 Å².